The van der Waals surface area contributed by atoms with Gasteiger partial charge < -0.3 is 34.3 Å². The zero-order valence-electron chi connectivity index (χ0n) is 30.4. The summed E-state index contributed by atoms with van der Waals surface area (Å²) < 4.78 is 24.6. The molecule has 9 nitrogen and oxygen atoms in total. The van der Waals surface area contributed by atoms with Crippen molar-refractivity contribution in [3.05, 3.63) is 0 Å². The van der Waals surface area contributed by atoms with Gasteiger partial charge in [-0.15, -0.1) is 0 Å². The lowest BCUT2D eigenvalue weighted by molar-refractivity contribution is -0.248. The lowest BCUT2D eigenvalue weighted by atomic mass is 9.41. The Balaban J connectivity index is 0.974. The van der Waals surface area contributed by atoms with Crippen molar-refractivity contribution in [3.8, 4) is 0 Å². The first-order chi connectivity index (χ1) is 22.8. The largest absolute Gasteiger partial charge is 0.453 e. The number of nitrogens with one attached hydrogen (secondary N) is 1. The van der Waals surface area contributed by atoms with Crippen LogP contribution in [0.3, 0.4) is 0 Å². The number of morpholine rings is 1. The molecule has 0 radical (unpaired) electrons. The molecule has 2 aliphatic heterocycles. The minimum atomic E-state index is -0.482. The van der Waals surface area contributed by atoms with Crippen LogP contribution in [0.15, 0.2) is 0 Å². The zero-order valence-corrected chi connectivity index (χ0v) is 30.4. The molecule has 8 fully saturated rings. The van der Waals surface area contributed by atoms with Crippen molar-refractivity contribution in [2.24, 2.45) is 56.7 Å². The highest BCUT2D eigenvalue weighted by Crippen LogP contribution is 2.89. The molecule has 0 aromatic carbocycles. The molecular formula is C39H62N2O7. The number of rotatable bonds is 7. The van der Waals surface area contributed by atoms with Crippen molar-refractivity contribution >= 4 is 12.0 Å². The average molecular weight is 671 g/mol. The molecule has 9 heteroatoms. The molecule has 6 saturated carbocycles. The Morgan fingerprint density at radius 1 is 1.00 bits per heavy atom. The first-order valence-electron chi connectivity index (χ1n) is 19.5. The van der Waals surface area contributed by atoms with Gasteiger partial charge in [0.05, 0.1) is 44.7 Å². The Morgan fingerprint density at radius 2 is 1.75 bits per heavy atom. The molecule has 2 heterocycles. The van der Waals surface area contributed by atoms with Crippen molar-refractivity contribution in [3.63, 3.8) is 0 Å². The van der Waals surface area contributed by atoms with Gasteiger partial charge in [0, 0.05) is 24.9 Å². The van der Waals surface area contributed by atoms with E-state index in [1.807, 2.05) is 4.90 Å². The molecule has 270 valence electrons. The van der Waals surface area contributed by atoms with Crippen LogP contribution in [0.1, 0.15) is 112 Å². The van der Waals surface area contributed by atoms with Gasteiger partial charge in [0.15, 0.2) is 6.29 Å². The van der Waals surface area contributed by atoms with Crippen LogP contribution in [0.5, 0.6) is 0 Å². The van der Waals surface area contributed by atoms with Gasteiger partial charge in [-0.1, -0.05) is 34.6 Å². The quantitative estimate of drug-likeness (QED) is 0.347. The van der Waals surface area contributed by atoms with Gasteiger partial charge in [0.2, 0.25) is 5.91 Å². The first kappa shape index (κ1) is 33.7. The Labute approximate surface area is 287 Å². The maximum absolute atomic E-state index is 12.9. The summed E-state index contributed by atoms with van der Waals surface area (Å²) in [5, 5.41) is 15.3. The normalized spacial score (nSPS) is 50.2. The van der Waals surface area contributed by atoms with Crippen LogP contribution in [0.25, 0.3) is 0 Å². The third kappa shape index (κ3) is 4.74. The van der Waals surface area contributed by atoms with Crippen LogP contribution in [-0.2, 0) is 23.7 Å². The smallest absolute Gasteiger partial charge is 0.406 e. The second kappa shape index (κ2) is 11.5. The van der Waals surface area contributed by atoms with Crippen LogP contribution in [-0.4, -0.2) is 86.1 Å². The number of methoxy groups -OCH3 is 1. The van der Waals surface area contributed by atoms with E-state index in [2.05, 4.69) is 39.9 Å². The van der Waals surface area contributed by atoms with Gasteiger partial charge in [-0.05, 0) is 122 Å². The predicted octanol–water partition coefficient (Wildman–Crippen LogP) is 5.92. The summed E-state index contributed by atoms with van der Waals surface area (Å²) >= 11 is 0. The summed E-state index contributed by atoms with van der Waals surface area (Å²) in [6.45, 7) is 14.6. The maximum atomic E-state index is 12.9. The number of hydrogen-bond donors (Lipinski definition) is 2. The Kier molecular flexibility index (Phi) is 8.11. The van der Waals surface area contributed by atoms with Gasteiger partial charge in [-0.25, -0.2) is 4.79 Å². The summed E-state index contributed by atoms with van der Waals surface area (Å²) in [5.41, 5.74) is 0.484. The summed E-state index contributed by atoms with van der Waals surface area (Å²) in [6.07, 6.45) is 11.9. The Bertz CT molecular complexity index is 1290. The lowest BCUT2D eigenvalue weighted by Gasteiger charge is -2.64. The highest BCUT2D eigenvalue weighted by molar-refractivity contribution is 5.76. The van der Waals surface area contributed by atoms with Crippen LogP contribution < -0.4 is 5.32 Å². The number of aliphatic hydroxyl groups excluding tert-OH is 1. The topological polar surface area (TPSA) is 107 Å². The van der Waals surface area contributed by atoms with E-state index in [1.54, 1.807) is 0 Å². The molecule has 13 unspecified atom stereocenters. The second-order valence-corrected chi connectivity index (χ2v) is 18.8. The minimum Gasteiger partial charge on any atom is -0.453 e. The number of alkyl carbamates (subject to hydrolysis) is 1. The van der Waals surface area contributed by atoms with Crippen molar-refractivity contribution in [1.82, 2.24) is 10.2 Å². The molecule has 6 aliphatic carbocycles. The molecule has 0 bridgehead atoms. The van der Waals surface area contributed by atoms with E-state index in [9.17, 15) is 14.7 Å². The standard InChI is InChI=1S/C39H62N2O7/c1-23-19-25(12-16-40-34(44)45-6)47-32-31(23)36(4)14-15-39-22-38(39)13-11-28(35(2,3)26(38)9-10-27(39)37(36,5)33(32)43)48-30-21-41(17-18-46-30)29(42)20-24-7-8-24/h23-28,30-33,43H,7-22H2,1-6H3,(H,40,44). The number of aliphatic hydroxyl groups is 1. The van der Waals surface area contributed by atoms with Gasteiger partial charge in [0.1, 0.15) is 0 Å². The monoisotopic (exact) mass is 670 g/mol. The number of carbonyl (C=O) groups excluding carboxylic acids is 2. The fourth-order valence-electron chi connectivity index (χ4n) is 14.0. The van der Waals surface area contributed by atoms with Crippen LogP contribution in [0, 0.1) is 56.7 Å². The fraction of sp³-hybridized carbons (Fsp3) is 0.949. The molecule has 48 heavy (non-hydrogen) atoms. The SMILES string of the molecule is COC(=O)NCCC1CC(C)C2C(O1)C(O)C1(C)C3CCC4C(C)(C)C(OC5CN(C(=O)CC6CC6)CCO5)CCC45CC35CCC21C. The summed E-state index contributed by atoms with van der Waals surface area (Å²) in [4.78, 5) is 26.5. The van der Waals surface area contributed by atoms with Crippen molar-refractivity contribution in [2.45, 2.75) is 142 Å². The Morgan fingerprint density at radius 3 is 2.50 bits per heavy atom. The van der Waals surface area contributed by atoms with Gasteiger partial charge in [0.25, 0.3) is 0 Å². The summed E-state index contributed by atoms with van der Waals surface area (Å²) in [7, 11) is 1.39. The van der Waals surface area contributed by atoms with Gasteiger partial charge in [-0.2, -0.15) is 0 Å². The second-order valence-electron chi connectivity index (χ2n) is 18.8. The molecule has 2 N–H and O–H groups in total. The predicted molar refractivity (Wildman–Crippen MR) is 180 cm³/mol. The average Bonchev–Trinajstić information content (AvgIpc) is 3.98. The molecular weight excluding hydrogens is 608 g/mol. The number of amides is 2. The van der Waals surface area contributed by atoms with E-state index < -0.39 is 12.2 Å². The van der Waals surface area contributed by atoms with E-state index in [0.29, 0.717) is 73.1 Å². The molecule has 8 aliphatic rings. The molecule has 2 amide bonds. The minimum absolute atomic E-state index is 0.0173. The Hall–Kier alpha value is -1.42. The number of ether oxygens (including phenoxy) is 4. The highest BCUT2D eigenvalue weighted by atomic mass is 16.7. The van der Waals surface area contributed by atoms with Crippen molar-refractivity contribution < 1.29 is 33.6 Å². The van der Waals surface area contributed by atoms with Crippen molar-refractivity contribution in [1.29, 1.82) is 0 Å². The number of nitrogens with zero attached hydrogens (tertiary/aromatic N) is 1. The van der Waals surface area contributed by atoms with E-state index in [4.69, 9.17) is 18.9 Å². The molecule has 0 aromatic heterocycles. The third-order valence-electron chi connectivity index (χ3n) is 16.6. The third-order valence-corrected chi connectivity index (χ3v) is 16.6. The van der Waals surface area contributed by atoms with E-state index in [-0.39, 0.29) is 46.8 Å². The van der Waals surface area contributed by atoms with Crippen LogP contribution >= 0.6 is 0 Å². The van der Waals surface area contributed by atoms with E-state index >= 15 is 0 Å². The number of hydrogen-bond acceptors (Lipinski definition) is 7. The molecule has 2 spiro atoms. The molecule has 0 aromatic rings. The van der Waals surface area contributed by atoms with E-state index in [1.165, 1.54) is 45.6 Å². The summed E-state index contributed by atoms with van der Waals surface area (Å²) in [5.74, 6) is 2.76. The molecule has 8 rings (SSSR count). The maximum Gasteiger partial charge on any atom is 0.406 e. The van der Waals surface area contributed by atoms with Crippen molar-refractivity contribution in [2.75, 3.05) is 33.4 Å². The molecule has 13 atom stereocenters. The fourth-order valence-corrected chi connectivity index (χ4v) is 14.0. The lowest BCUT2D eigenvalue weighted by Crippen LogP contribution is -2.60. The number of carbonyl (C=O) groups is 2. The molecule has 2 saturated heterocycles. The van der Waals surface area contributed by atoms with Crippen LogP contribution in [0.4, 0.5) is 4.79 Å². The first-order valence-corrected chi connectivity index (χ1v) is 19.5. The van der Waals surface area contributed by atoms with Gasteiger partial charge in [-0.3, -0.25) is 4.79 Å². The van der Waals surface area contributed by atoms with Gasteiger partial charge >= 0.3 is 6.09 Å². The van der Waals surface area contributed by atoms with Crippen LogP contribution in [0.2, 0.25) is 0 Å². The van der Waals surface area contributed by atoms with E-state index in [0.717, 1.165) is 32.1 Å². The number of fused-ring (bicyclic) bond motifs is 4. The zero-order chi connectivity index (χ0) is 33.9. The highest BCUT2D eigenvalue weighted by Gasteiger charge is 2.84. The summed E-state index contributed by atoms with van der Waals surface area (Å²) in [6, 6.07) is 0.